The third-order valence-electron chi connectivity index (χ3n) is 4.68. The summed E-state index contributed by atoms with van der Waals surface area (Å²) in [4.78, 5) is 20.2. The molecule has 2 heterocycles. The van der Waals surface area contributed by atoms with E-state index in [0.29, 0.717) is 0 Å². The van der Waals surface area contributed by atoms with Crippen molar-refractivity contribution in [3.05, 3.63) is 56.7 Å². The van der Waals surface area contributed by atoms with Crippen molar-refractivity contribution in [3.63, 3.8) is 0 Å². The fourth-order valence-electron chi connectivity index (χ4n) is 3.01. The zero-order valence-corrected chi connectivity index (χ0v) is 15.9. The zero-order valence-electron chi connectivity index (χ0n) is 15.1. The molecule has 0 aliphatic heterocycles. The second-order valence-corrected chi connectivity index (χ2v) is 6.71. The molecular formula is C19H22N4O2S. The predicted octanol–water partition coefficient (Wildman–Crippen LogP) is 3.08. The highest BCUT2D eigenvalue weighted by atomic mass is 32.1. The number of rotatable bonds is 5. The van der Waals surface area contributed by atoms with Crippen LogP contribution in [0.15, 0.2) is 40.2 Å². The lowest BCUT2D eigenvalue weighted by atomic mass is 10.0. The summed E-state index contributed by atoms with van der Waals surface area (Å²) in [5, 5.41) is 11.4. The Morgan fingerprint density at radius 2 is 2.04 bits per heavy atom. The molecule has 26 heavy (non-hydrogen) atoms. The van der Waals surface area contributed by atoms with E-state index in [1.807, 2.05) is 24.4 Å². The van der Waals surface area contributed by atoms with Crippen molar-refractivity contribution in [2.24, 2.45) is 19.1 Å². The monoisotopic (exact) mass is 370 g/mol. The highest BCUT2D eigenvalue weighted by Crippen LogP contribution is 2.21. The third kappa shape index (κ3) is 3.22. The minimum atomic E-state index is -0.351. The van der Waals surface area contributed by atoms with E-state index in [4.69, 9.17) is 12.2 Å². The molecule has 0 bridgehead atoms. The number of aromatic amines is 1. The van der Waals surface area contributed by atoms with Crippen molar-refractivity contribution in [1.82, 2.24) is 14.1 Å². The van der Waals surface area contributed by atoms with Crippen LogP contribution in [0.3, 0.4) is 0 Å². The summed E-state index contributed by atoms with van der Waals surface area (Å²) in [6.45, 7) is 2.06. The molecule has 0 aliphatic carbocycles. The van der Waals surface area contributed by atoms with E-state index < -0.39 is 0 Å². The minimum absolute atomic E-state index is 0.00629. The number of benzene rings is 1. The Labute approximate surface area is 156 Å². The third-order valence-corrected chi connectivity index (χ3v) is 5.23. The van der Waals surface area contributed by atoms with E-state index in [2.05, 4.69) is 23.0 Å². The largest absolute Gasteiger partial charge is 0.494 e. The van der Waals surface area contributed by atoms with E-state index in [-0.39, 0.29) is 27.8 Å². The van der Waals surface area contributed by atoms with Gasteiger partial charge in [0.15, 0.2) is 4.77 Å². The number of fused-ring (bicyclic) bond motifs is 1. The number of para-hydroxylation sites is 1. The molecule has 1 unspecified atom stereocenters. The average Bonchev–Trinajstić information content (AvgIpc) is 3.06. The first-order valence-electron chi connectivity index (χ1n) is 8.51. The Morgan fingerprint density at radius 3 is 2.77 bits per heavy atom. The first-order chi connectivity index (χ1) is 12.4. The van der Waals surface area contributed by atoms with Crippen molar-refractivity contribution in [2.45, 2.75) is 25.8 Å². The first kappa shape index (κ1) is 18.1. The van der Waals surface area contributed by atoms with Gasteiger partial charge in [-0.05, 0) is 36.7 Å². The molecule has 6 nitrogen and oxygen atoms in total. The summed E-state index contributed by atoms with van der Waals surface area (Å²) in [5.41, 5.74) is 2.09. The van der Waals surface area contributed by atoms with Crippen molar-refractivity contribution in [3.8, 4) is 5.88 Å². The maximum Gasteiger partial charge on any atom is 0.266 e. The van der Waals surface area contributed by atoms with Crippen LogP contribution in [0.1, 0.15) is 24.5 Å². The van der Waals surface area contributed by atoms with Gasteiger partial charge in [-0.25, -0.2) is 0 Å². The van der Waals surface area contributed by atoms with Crippen LogP contribution in [0.25, 0.3) is 10.9 Å². The second-order valence-electron chi connectivity index (χ2n) is 6.35. The smallest absolute Gasteiger partial charge is 0.266 e. The number of nitrogens with one attached hydrogen (secondary N) is 1. The van der Waals surface area contributed by atoms with Gasteiger partial charge in [0.05, 0.1) is 6.04 Å². The lowest BCUT2D eigenvalue weighted by molar-refractivity contribution is 0.414. The molecule has 7 heteroatoms. The minimum Gasteiger partial charge on any atom is -0.494 e. The summed E-state index contributed by atoms with van der Waals surface area (Å²) in [6.07, 6.45) is 5.05. The van der Waals surface area contributed by atoms with Crippen molar-refractivity contribution < 1.29 is 5.11 Å². The molecule has 3 aromatic rings. The number of aliphatic imine (C=N–C) groups is 1. The van der Waals surface area contributed by atoms with Crippen LogP contribution < -0.4 is 5.56 Å². The van der Waals surface area contributed by atoms with Crippen LogP contribution in [-0.2, 0) is 20.5 Å². The lowest BCUT2D eigenvalue weighted by Gasteiger charge is -2.11. The van der Waals surface area contributed by atoms with Crippen LogP contribution in [0.5, 0.6) is 5.88 Å². The van der Waals surface area contributed by atoms with Gasteiger partial charge >= 0.3 is 0 Å². The number of aromatic hydroxyl groups is 1. The molecule has 0 spiro atoms. The van der Waals surface area contributed by atoms with Gasteiger partial charge in [0.25, 0.3) is 5.56 Å². The summed E-state index contributed by atoms with van der Waals surface area (Å²) >= 11 is 5.13. The Kier molecular flexibility index (Phi) is 5.08. The molecule has 1 atom stereocenters. The molecule has 1 aromatic carbocycles. The topological polar surface area (TPSA) is 75.3 Å². The van der Waals surface area contributed by atoms with Crippen molar-refractivity contribution in [2.75, 3.05) is 0 Å². The van der Waals surface area contributed by atoms with E-state index >= 15 is 0 Å². The quantitative estimate of drug-likeness (QED) is 0.535. The van der Waals surface area contributed by atoms with Crippen molar-refractivity contribution >= 4 is 29.3 Å². The van der Waals surface area contributed by atoms with E-state index in [9.17, 15) is 9.90 Å². The number of H-pyrrole nitrogens is 1. The van der Waals surface area contributed by atoms with E-state index in [1.165, 1.54) is 26.3 Å². The van der Waals surface area contributed by atoms with Gasteiger partial charge in [-0.1, -0.05) is 25.1 Å². The van der Waals surface area contributed by atoms with Gasteiger partial charge in [0, 0.05) is 37.4 Å². The molecular weight excluding hydrogens is 348 g/mol. The van der Waals surface area contributed by atoms with Gasteiger partial charge in [0.2, 0.25) is 5.88 Å². The Morgan fingerprint density at radius 1 is 1.31 bits per heavy atom. The van der Waals surface area contributed by atoms with Crippen molar-refractivity contribution in [1.29, 1.82) is 0 Å². The molecule has 0 amide bonds. The van der Waals surface area contributed by atoms with Gasteiger partial charge < -0.3 is 10.1 Å². The number of hydrogen-bond acceptors (Lipinski definition) is 4. The predicted molar refractivity (Wildman–Crippen MR) is 107 cm³/mol. The molecule has 0 radical (unpaired) electrons. The molecule has 2 N–H and O–H groups in total. The SMILES string of the molecule is CCC(Cc1c[nH]c2ccccc12)N=Cc1c(O)n(C)c(=S)n(C)c1=O. The molecule has 2 aromatic heterocycles. The maximum atomic E-state index is 12.4. The number of hydrogen-bond donors (Lipinski definition) is 2. The summed E-state index contributed by atoms with van der Waals surface area (Å²) in [7, 11) is 3.21. The Balaban J connectivity index is 1.92. The number of nitrogens with zero attached hydrogens (tertiary/aromatic N) is 3. The molecule has 136 valence electrons. The van der Waals surface area contributed by atoms with Crippen LogP contribution >= 0.6 is 12.2 Å². The highest BCUT2D eigenvalue weighted by molar-refractivity contribution is 7.71. The normalized spacial score (nSPS) is 12.9. The maximum absolute atomic E-state index is 12.4. The summed E-state index contributed by atoms with van der Waals surface area (Å²) in [5.74, 6) is -0.163. The molecule has 0 saturated heterocycles. The van der Waals surface area contributed by atoms with Crippen LogP contribution in [0.2, 0.25) is 0 Å². The van der Waals surface area contributed by atoms with Gasteiger partial charge in [-0.2, -0.15) is 0 Å². The Bertz CT molecular complexity index is 1090. The molecule has 3 rings (SSSR count). The van der Waals surface area contributed by atoms with Crippen LogP contribution in [0, 0.1) is 4.77 Å². The number of aromatic nitrogens is 3. The fraction of sp³-hybridized carbons (Fsp3) is 0.316. The highest BCUT2D eigenvalue weighted by Gasteiger charge is 2.13. The average molecular weight is 370 g/mol. The van der Waals surface area contributed by atoms with Gasteiger partial charge in [0.1, 0.15) is 5.56 Å². The second kappa shape index (κ2) is 7.29. The van der Waals surface area contributed by atoms with Gasteiger partial charge in [-0.3, -0.25) is 18.9 Å². The molecule has 0 saturated carbocycles. The zero-order chi connectivity index (χ0) is 18.8. The Hall–Kier alpha value is -2.67. The first-order valence-corrected chi connectivity index (χ1v) is 8.92. The molecule has 0 fully saturated rings. The molecule has 0 aliphatic rings. The fourth-order valence-corrected chi connectivity index (χ4v) is 3.18. The summed E-state index contributed by atoms with van der Waals surface area (Å²) < 4.78 is 2.99. The van der Waals surface area contributed by atoms with Crippen LogP contribution in [-0.4, -0.2) is 31.5 Å². The summed E-state index contributed by atoms with van der Waals surface area (Å²) in [6, 6.07) is 8.15. The van der Waals surface area contributed by atoms with Gasteiger partial charge in [-0.15, -0.1) is 0 Å². The van der Waals surface area contributed by atoms with E-state index in [1.54, 1.807) is 14.1 Å². The standard InChI is InChI=1S/C19H22N4O2S/c1-4-13(9-12-10-21-16-8-6-5-7-14(12)16)20-11-15-17(24)22(2)19(26)23(3)18(15)25/h5-8,10-11,13,21,24H,4,9H2,1-3H3. The van der Waals surface area contributed by atoms with E-state index in [0.717, 1.165) is 18.4 Å². The van der Waals surface area contributed by atoms with Crippen LogP contribution in [0.4, 0.5) is 0 Å². The lowest BCUT2D eigenvalue weighted by Crippen LogP contribution is -2.25.